The molecule has 0 spiro atoms. The molecule has 20 nitrogen and oxygen atoms in total. The Morgan fingerprint density at radius 1 is 0.811 bits per heavy atom. The van der Waals surface area contributed by atoms with Crippen LogP contribution in [0.3, 0.4) is 0 Å². The lowest BCUT2D eigenvalue weighted by atomic mass is 10.0. The molecule has 2 aromatic heterocycles. The maximum Gasteiger partial charge on any atom is 0.303 e. The van der Waals surface area contributed by atoms with E-state index in [1.165, 1.54) is 12.1 Å². The molecule has 0 amide bonds. The summed E-state index contributed by atoms with van der Waals surface area (Å²) in [6.45, 7) is 22.2. The summed E-state index contributed by atoms with van der Waals surface area (Å²) in [5.41, 5.74) is 3.60. The summed E-state index contributed by atoms with van der Waals surface area (Å²) in [7, 11) is -7.79. The Kier molecular flexibility index (Phi) is 19.0. The van der Waals surface area contributed by atoms with E-state index >= 15 is 0 Å². The quantitative estimate of drug-likeness (QED) is 0.0341. The highest BCUT2D eigenvalue weighted by Crippen LogP contribution is 2.41. The minimum Gasteiger partial charge on any atom is -0.462 e. The van der Waals surface area contributed by atoms with E-state index in [9.17, 15) is 32.7 Å². The zero-order valence-electron chi connectivity index (χ0n) is 44.0. The highest BCUT2D eigenvalue weighted by atomic mass is 35.5. The number of aliphatic hydroxyl groups is 1. The average Bonchev–Trinajstić information content (AvgIpc) is 3.99. The number of carbonyl (C=O) groups excluding carboxylic acids is 4. The molecule has 1 unspecified atom stereocenters. The van der Waals surface area contributed by atoms with Gasteiger partial charge in [-0.05, 0) is 53.5 Å². The minimum absolute atomic E-state index is 0.0219. The van der Waals surface area contributed by atoms with Crippen molar-refractivity contribution in [3.05, 3.63) is 59.6 Å². The first kappa shape index (κ1) is 58.4. The molecule has 74 heavy (non-hydrogen) atoms. The molecule has 2 N–H and O–H groups in total. The number of esters is 4. The first-order valence-electron chi connectivity index (χ1n) is 24.3. The molecule has 4 heterocycles. The van der Waals surface area contributed by atoms with Gasteiger partial charge in [0.15, 0.2) is 32.3 Å². The number of fused-ring (bicyclic) bond motifs is 2. The SMILES string of the molecule is CC(=O)OC[C@@H](OC(C)=O)[C@@H](OC(C)=O)[C@H](O)[C@H](CNS(=O)(=O)c1ccc(-c2ccc(-c3nc4nc(O[C@@H]5CO[C@@H]6C(O[Si](C)(C)C(C)(C)C)CO[C@@H]65)n(COCC[Si](C)(C)C)c4cc3Cl)cc2)cc1)OC(C)=O. The third-order valence-corrected chi connectivity index (χ3v) is 20.9. The molecule has 2 aliphatic heterocycles. The van der Waals surface area contributed by atoms with Gasteiger partial charge in [-0.2, -0.15) is 4.98 Å². The Hall–Kier alpha value is -4.83. The van der Waals surface area contributed by atoms with E-state index in [2.05, 4.69) is 58.2 Å². The van der Waals surface area contributed by atoms with Gasteiger partial charge in [-0.25, -0.2) is 18.1 Å². The minimum atomic E-state index is -4.31. The Morgan fingerprint density at radius 3 is 1.93 bits per heavy atom. The van der Waals surface area contributed by atoms with Crippen molar-refractivity contribution in [3.8, 4) is 28.4 Å². The highest BCUT2D eigenvalue weighted by Gasteiger charge is 2.53. The fourth-order valence-electron chi connectivity index (χ4n) is 8.02. The molecule has 2 saturated heterocycles. The van der Waals surface area contributed by atoms with Crippen LogP contribution < -0.4 is 9.46 Å². The number of hydrogen-bond donors (Lipinski definition) is 2. The Morgan fingerprint density at radius 2 is 1.36 bits per heavy atom. The van der Waals surface area contributed by atoms with Crippen LogP contribution >= 0.6 is 11.6 Å². The fraction of sp³-hybridized carbons (Fsp3) is 0.560. The number of hydrogen-bond acceptors (Lipinski definition) is 18. The van der Waals surface area contributed by atoms with E-state index in [0.29, 0.717) is 58.8 Å². The van der Waals surface area contributed by atoms with Crippen molar-refractivity contribution in [1.82, 2.24) is 19.3 Å². The van der Waals surface area contributed by atoms with Crippen molar-refractivity contribution >= 4 is 73.1 Å². The van der Waals surface area contributed by atoms with Gasteiger partial charge in [-0.1, -0.05) is 88.4 Å². The maximum atomic E-state index is 13.6. The van der Waals surface area contributed by atoms with Crippen LogP contribution in [0.15, 0.2) is 59.5 Å². The van der Waals surface area contributed by atoms with Gasteiger partial charge in [0.05, 0.1) is 47.0 Å². The third-order valence-electron chi connectivity index (χ3n) is 13.0. The summed E-state index contributed by atoms with van der Waals surface area (Å²) in [6, 6.07) is 16.4. The Balaban J connectivity index is 1.18. The number of ether oxygens (including phenoxy) is 8. The molecule has 24 heteroatoms. The Bertz CT molecular complexity index is 2750. The lowest BCUT2D eigenvalue weighted by molar-refractivity contribution is -0.192. The highest BCUT2D eigenvalue weighted by molar-refractivity contribution is 7.89. The molecular formula is C50H69ClN4O16SSi2. The summed E-state index contributed by atoms with van der Waals surface area (Å²) < 4.78 is 83.9. The van der Waals surface area contributed by atoms with E-state index in [1.807, 2.05) is 28.8 Å². The van der Waals surface area contributed by atoms with Crippen molar-refractivity contribution in [2.75, 3.05) is 33.0 Å². The van der Waals surface area contributed by atoms with Gasteiger partial charge in [0.25, 0.3) is 0 Å². The molecule has 4 aromatic rings. The van der Waals surface area contributed by atoms with Crippen molar-refractivity contribution in [3.63, 3.8) is 0 Å². The number of benzene rings is 2. The van der Waals surface area contributed by atoms with Gasteiger partial charge >= 0.3 is 29.9 Å². The number of sulfonamides is 1. The van der Waals surface area contributed by atoms with Gasteiger partial charge in [0.1, 0.15) is 37.8 Å². The second-order valence-electron chi connectivity index (χ2n) is 21.1. The molecule has 6 rings (SSSR count). The predicted molar refractivity (Wildman–Crippen MR) is 278 cm³/mol. The van der Waals surface area contributed by atoms with Gasteiger partial charge in [-0.3, -0.25) is 23.7 Å². The summed E-state index contributed by atoms with van der Waals surface area (Å²) in [5.74, 6) is -3.48. The van der Waals surface area contributed by atoms with E-state index in [0.717, 1.165) is 39.3 Å². The lowest BCUT2D eigenvalue weighted by Crippen LogP contribution is -2.54. The number of imidazole rings is 1. The fourth-order valence-corrected chi connectivity index (χ4v) is 11.4. The number of nitrogens with zero attached hydrogens (tertiary/aromatic N) is 3. The monoisotopic (exact) mass is 1100 g/mol. The molecule has 8 atom stereocenters. The number of aromatic nitrogens is 3. The second-order valence-corrected chi connectivity index (χ2v) is 33.7. The number of rotatable bonds is 23. The second kappa shape index (κ2) is 24.0. The van der Waals surface area contributed by atoms with E-state index < -0.39 is 94.0 Å². The molecule has 0 aliphatic carbocycles. The lowest BCUT2D eigenvalue weighted by Gasteiger charge is -2.39. The van der Waals surface area contributed by atoms with Crippen molar-refractivity contribution in [1.29, 1.82) is 0 Å². The van der Waals surface area contributed by atoms with Gasteiger partial charge in [0, 0.05) is 47.9 Å². The number of carbonyl (C=O) groups is 4. The molecule has 406 valence electrons. The summed E-state index contributed by atoms with van der Waals surface area (Å²) in [4.78, 5) is 57.2. The van der Waals surface area contributed by atoms with Crippen molar-refractivity contribution in [2.24, 2.45) is 0 Å². The van der Waals surface area contributed by atoms with Crippen molar-refractivity contribution < 1.29 is 75.0 Å². The largest absolute Gasteiger partial charge is 0.462 e. The van der Waals surface area contributed by atoms with Crippen LogP contribution in [-0.2, 0) is 73.5 Å². The summed E-state index contributed by atoms with van der Waals surface area (Å²) >= 11 is 6.99. The number of nitrogens with one attached hydrogen (secondary N) is 1. The summed E-state index contributed by atoms with van der Waals surface area (Å²) in [6.07, 6.45) is -8.23. The van der Waals surface area contributed by atoms with Gasteiger partial charge < -0.3 is 47.4 Å². The molecule has 2 fully saturated rings. The molecule has 0 bridgehead atoms. The first-order chi connectivity index (χ1) is 34.5. The first-order valence-corrected chi connectivity index (χ1v) is 32.8. The smallest absolute Gasteiger partial charge is 0.303 e. The van der Waals surface area contributed by atoms with Gasteiger partial charge in [0.2, 0.25) is 10.0 Å². The normalized spacial score (nSPS) is 19.8. The van der Waals surface area contributed by atoms with Crippen LogP contribution in [0.4, 0.5) is 0 Å². The standard InChI is InChI=1S/C50H69ClN4O16SSi2/c1-29(56)64-25-40(68-31(3)58)45(69-32(4)59)44(60)39(67-30(2)57)24-52-72(61,62)36-19-17-34(18-20-36)33-13-15-35(16-14-33)43-37(51)23-38-48(53-43)54-49(55(38)28-63-21-22-73(8,9)10)70-41-26-65-47-42(27-66-46(41)47)71-74(11,12)50(5,6)7/h13-20,23,39-42,44-47,52,60H,21-22,24-28H2,1-12H3/t39-,40+,41+,42?,44+,45+,46+,47+/m0/s1. The average molecular weight is 1110 g/mol. The van der Waals surface area contributed by atoms with Crippen LogP contribution in [-0.4, -0.2) is 150 Å². The van der Waals surface area contributed by atoms with E-state index in [-0.39, 0.29) is 35.0 Å². The van der Waals surface area contributed by atoms with Gasteiger partial charge in [-0.15, -0.1) is 0 Å². The third kappa shape index (κ3) is 15.0. The Labute approximate surface area is 439 Å². The number of aliphatic hydroxyl groups excluding tert-OH is 1. The summed E-state index contributed by atoms with van der Waals surface area (Å²) in [5, 5.41) is 11.7. The zero-order valence-corrected chi connectivity index (χ0v) is 47.5. The van der Waals surface area contributed by atoms with Crippen LogP contribution in [0.2, 0.25) is 48.8 Å². The van der Waals surface area contributed by atoms with E-state index in [4.69, 9.17) is 63.9 Å². The van der Waals surface area contributed by atoms with Crippen LogP contribution in [0, 0.1) is 0 Å². The molecule has 0 radical (unpaired) electrons. The van der Waals surface area contributed by atoms with Crippen molar-refractivity contribution in [2.45, 2.75) is 153 Å². The number of pyridine rings is 1. The topological polar surface area (TPSA) is 248 Å². The molecule has 2 aliphatic rings. The van der Waals surface area contributed by atoms with Crippen LogP contribution in [0.5, 0.6) is 6.01 Å². The molecular weight excluding hydrogens is 1040 g/mol. The maximum absolute atomic E-state index is 13.6. The predicted octanol–water partition coefficient (Wildman–Crippen LogP) is 6.66. The van der Waals surface area contributed by atoms with Crippen LogP contribution in [0.25, 0.3) is 33.5 Å². The number of halogens is 1. The zero-order chi connectivity index (χ0) is 54.5. The van der Waals surface area contributed by atoms with Crippen LogP contribution in [0.1, 0.15) is 48.5 Å². The van der Waals surface area contributed by atoms with E-state index in [1.54, 1.807) is 18.2 Å². The molecule has 0 saturated carbocycles. The molecule has 2 aromatic carbocycles.